The van der Waals surface area contributed by atoms with Gasteiger partial charge in [-0.3, -0.25) is 10.1 Å². The second-order valence-electron chi connectivity index (χ2n) is 4.12. The van der Waals surface area contributed by atoms with Crippen LogP contribution < -0.4 is 5.14 Å². The number of rotatable bonds is 2. The molecule has 0 radical (unpaired) electrons. The molecule has 0 aliphatic carbocycles. The van der Waals surface area contributed by atoms with Gasteiger partial charge in [0.1, 0.15) is 0 Å². The average Bonchev–Trinajstić information content (AvgIpc) is 2.45. The van der Waals surface area contributed by atoms with Gasteiger partial charge in [-0.25, -0.2) is 13.6 Å². The van der Waals surface area contributed by atoms with E-state index in [2.05, 4.69) is 11.8 Å². The van der Waals surface area contributed by atoms with Gasteiger partial charge >= 0.3 is 0 Å². The molecule has 0 spiro atoms. The summed E-state index contributed by atoms with van der Waals surface area (Å²) in [5.74, 6) is 5.66. The SMILES string of the molecule is NS(=O)(=O)c1ccc(C#Cc2ccc([N+](=O)[O-])cc2)cc1. The maximum absolute atomic E-state index is 11.1. The van der Waals surface area contributed by atoms with Crippen molar-refractivity contribution in [2.24, 2.45) is 5.14 Å². The Morgan fingerprint density at radius 1 is 0.905 bits per heavy atom. The molecule has 2 aromatic carbocycles. The summed E-state index contributed by atoms with van der Waals surface area (Å²) in [6, 6.07) is 11.6. The monoisotopic (exact) mass is 302 g/mol. The van der Waals surface area contributed by atoms with E-state index in [1.54, 1.807) is 12.1 Å². The summed E-state index contributed by atoms with van der Waals surface area (Å²) >= 11 is 0. The van der Waals surface area contributed by atoms with Crippen LogP contribution in [0.3, 0.4) is 0 Å². The predicted octanol–water partition coefficient (Wildman–Crippen LogP) is 1.64. The van der Waals surface area contributed by atoms with Crippen LogP contribution >= 0.6 is 0 Å². The maximum atomic E-state index is 11.1. The Labute approximate surface area is 121 Å². The molecule has 2 N–H and O–H groups in total. The standard InChI is InChI=1S/C14H10N2O4S/c15-21(19,20)14-9-5-12(6-10-14)2-1-11-3-7-13(8-4-11)16(17)18/h3-10H,(H2,15,19,20). The number of primary sulfonamides is 1. The highest BCUT2D eigenvalue weighted by Crippen LogP contribution is 2.11. The molecule has 0 atom stereocenters. The molecule has 106 valence electrons. The second-order valence-corrected chi connectivity index (χ2v) is 5.68. The molecule has 0 heterocycles. The van der Waals surface area contributed by atoms with E-state index >= 15 is 0 Å². The maximum Gasteiger partial charge on any atom is 0.269 e. The molecule has 21 heavy (non-hydrogen) atoms. The Morgan fingerprint density at radius 2 is 1.33 bits per heavy atom. The van der Waals surface area contributed by atoms with Gasteiger partial charge in [0.25, 0.3) is 5.69 Å². The Kier molecular flexibility index (Phi) is 4.03. The van der Waals surface area contributed by atoms with Crippen molar-refractivity contribution in [1.82, 2.24) is 0 Å². The van der Waals surface area contributed by atoms with Gasteiger partial charge in [-0.1, -0.05) is 11.8 Å². The molecule has 0 bridgehead atoms. The van der Waals surface area contributed by atoms with Crippen LogP contribution in [0.4, 0.5) is 5.69 Å². The summed E-state index contributed by atoms with van der Waals surface area (Å²) in [4.78, 5) is 10.0. The molecular formula is C14H10N2O4S. The van der Waals surface area contributed by atoms with E-state index < -0.39 is 14.9 Å². The van der Waals surface area contributed by atoms with Crippen molar-refractivity contribution in [3.63, 3.8) is 0 Å². The quantitative estimate of drug-likeness (QED) is 0.517. The van der Waals surface area contributed by atoms with E-state index in [0.29, 0.717) is 11.1 Å². The minimum atomic E-state index is -3.71. The van der Waals surface area contributed by atoms with Crippen molar-refractivity contribution in [2.75, 3.05) is 0 Å². The van der Waals surface area contributed by atoms with Crippen LogP contribution in [0.5, 0.6) is 0 Å². The molecule has 0 saturated heterocycles. The van der Waals surface area contributed by atoms with Gasteiger partial charge in [0.15, 0.2) is 0 Å². The molecule has 0 fully saturated rings. The summed E-state index contributed by atoms with van der Waals surface area (Å²) in [5, 5.41) is 15.5. The van der Waals surface area contributed by atoms with Crippen LogP contribution in [0.25, 0.3) is 0 Å². The van der Waals surface area contributed by atoms with Gasteiger partial charge in [0, 0.05) is 23.3 Å². The van der Waals surface area contributed by atoms with Crippen molar-refractivity contribution in [3.05, 3.63) is 69.8 Å². The molecule has 0 aliphatic heterocycles. The summed E-state index contributed by atoms with van der Waals surface area (Å²) in [7, 11) is -3.71. The Bertz CT molecular complexity index is 829. The van der Waals surface area contributed by atoms with Crippen molar-refractivity contribution in [2.45, 2.75) is 4.90 Å². The molecule has 2 aromatic rings. The molecule has 0 aromatic heterocycles. The number of nitrogens with zero attached hydrogens (tertiary/aromatic N) is 1. The molecule has 6 nitrogen and oxygen atoms in total. The van der Waals surface area contributed by atoms with Gasteiger partial charge in [0.2, 0.25) is 10.0 Å². The average molecular weight is 302 g/mol. The highest BCUT2D eigenvalue weighted by molar-refractivity contribution is 7.89. The number of hydrogen-bond donors (Lipinski definition) is 1. The van der Waals surface area contributed by atoms with Crippen LogP contribution in [-0.4, -0.2) is 13.3 Å². The number of hydrogen-bond acceptors (Lipinski definition) is 4. The summed E-state index contributed by atoms with van der Waals surface area (Å²) in [6.07, 6.45) is 0. The number of nitrogens with two attached hydrogens (primary N) is 1. The third-order valence-electron chi connectivity index (χ3n) is 2.61. The number of nitro benzene ring substituents is 1. The Balaban J connectivity index is 2.21. The van der Waals surface area contributed by atoms with E-state index in [1.165, 1.54) is 36.4 Å². The summed E-state index contributed by atoms with van der Waals surface area (Å²) < 4.78 is 22.2. The lowest BCUT2D eigenvalue weighted by Gasteiger charge is -1.97. The first-order valence-corrected chi connectivity index (χ1v) is 7.30. The lowest BCUT2D eigenvalue weighted by Crippen LogP contribution is -2.11. The van der Waals surface area contributed by atoms with Crippen LogP contribution in [0.15, 0.2) is 53.4 Å². The fraction of sp³-hybridized carbons (Fsp3) is 0. The lowest BCUT2D eigenvalue weighted by molar-refractivity contribution is -0.384. The van der Waals surface area contributed by atoms with Crippen molar-refractivity contribution >= 4 is 15.7 Å². The van der Waals surface area contributed by atoms with Gasteiger partial charge in [-0.2, -0.15) is 0 Å². The largest absolute Gasteiger partial charge is 0.269 e. The minimum absolute atomic E-state index is 0.00180. The third-order valence-corrected chi connectivity index (χ3v) is 3.54. The zero-order chi connectivity index (χ0) is 15.5. The fourth-order valence-electron chi connectivity index (χ4n) is 1.54. The van der Waals surface area contributed by atoms with Crippen LogP contribution in [0.2, 0.25) is 0 Å². The first-order chi connectivity index (χ1) is 9.86. The number of nitro groups is 1. The zero-order valence-corrected chi connectivity index (χ0v) is 11.5. The van der Waals surface area contributed by atoms with E-state index in [9.17, 15) is 18.5 Å². The third kappa shape index (κ3) is 3.89. The lowest BCUT2D eigenvalue weighted by atomic mass is 10.2. The molecule has 0 unspecified atom stereocenters. The predicted molar refractivity (Wildman–Crippen MR) is 76.9 cm³/mol. The highest BCUT2D eigenvalue weighted by Gasteiger charge is 2.06. The van der Waals surface area contributed by atoms with E-state index in [1.807, 2.05) is 0 Å². The molecule has 2 rings (SSSR count). The Morgan fingerprint density at radius 3 is 1.71 bits per heavy atom. The molecule has 0 amide bonds. The highest BCUT2D eigenvalue weighted by atomic mass is 32.2. The molecule has 0 aliphatic rings. The van der Waals surface area contributed by atoms with E-state index in [0.717, 1.165) is 0 Å². The van der Waals surface area contributed by atoms with E-state index in [4.69, 9.17) is 5.14 Å². The summed E-state index contributed by atoms with van der Waals surface area (Å²) in [5.41, 5.74) is 1.23. The number of sulfonamides is 1. The normalized spacial score (nSPS) is 10.5. The fourth-order valence-corrected chi connectivity index (χ4v) is 2.05. The van der Waals surface area contributed by atoms with Crippen LogP contribution in [0.1, 0.15) is 11.1 Å². The van der Waals surface area contributed by atoms with Gasteiger partial charge in [-0.05, 0) is 36.4 Å². The number of non-ortho nitro benzene ring substituents is 1. The van der Waals surface area contributed by atoms with Crippen molar-refractivity contribution in [3.8, 4) is 11.8 Å². The molecule has 0 saturated carbocycles. The minimum Gasteiger partial charge on any atom is -0.258 e. The molecule has 7 heteroatoms. The zero-order valence-electron chi connectivity index (χ0n) is 10.7. The van der Waals surface area contributed by atoms with Gasteiger partial charge < -0.3 is 0 Å². The first-order valence-electron chi connectivity index (χ1n) is 5.75. The van der Waals surface area contributed by atoms with Crippen LogP contribution in [-0.2, 0) is 10.0 Å². The Hall–Kier alpha value is -2.69. The van der Waals surface area contributed by atoms with Gasteiger partial charge in [0.05, 0.1) is 9.82 Å². The summed E-state index contributed by atoms with van der Waals surface area (Å²) in [6.45, 7) is 0. The topological polar surface area (TPSA) is 103 Å². The smallest absolute Gasteiger partial charge is 0.258 e. The van der Waals surface area contributed by atoms with Crippen molar-refractivity contribution < 1.29 is 13.3 Å². The van der Waals surface area contributed by atoms with Crippen molar-refractivity contribution in [1.29, 1.82) is 0 Å². The number of benzene rings is 2. The van der Waals surface area contributed by atoms with E-state index in [-0.39, 0.29) is 10.6 Å². The van der Waals surface area contributed by atoms with Gasteiger partial charge in [-0.15, -0.1) is 0 Å². The van der Waals surface area contributed by atoms with Crippen LogP contribution in [0, 0.1) is 22.0 Å². The second kappa shape index (κ2) is 5.75. The molecular weight excluding hydrogens is 292 g/mol. The first kappa shape index (κ1) is 14.7.